The lowest BCUT2D eigenvalue weighted by atomic mass is 10.00. The van der Waals surface area contributed by atoms with E-state index < -0.39 is 6.10 Å². The van der Waals surface area contributed by atoms with E-state index >= 15 is 0 Å². The van der Waals surface area contributed by atoms with E-state index in [0.29, 0.717) is 27.8 Å². The summed E-state index contributed by atoms with van der Waals surface area (Å²) in [5, 5.41) is 11.2. The second-order valence-corrected chi connectivity index (χ2v) is 5.53. The van der Waals surface area contributed by atoms with Crippen molar-refractivity contribution in [2.24, 2.45) is 0 Å². The van der Waals surface area contributed by atoms with Crippen molar-refractivity contribution >= 4 is 23.2 Å². The Labute approximate surface area is 128 Å². The van der Waals surface area contributed by atoms with Crippen molar-refractivity contribution in [2.45, 2.75) is 19.4 Å². The largest absolute Gasteiger partial charge is 0.495 e. The maximum absolute atomic E-state index is 10.3. The molecule has 0 aromatic heterocycles. The monoisotopic (exact) mass is 310 g/mol. The van der Waals surface area contributed by atoms with Crippen molar-refractivity contribution in [1.82, 2.24) is 0 Å². The Kier molecular flexibility index (Phi) is 4.92. The predicted molar refractivity (Wildman–Crippen MR) is 82.9 cm³/mol. The first kappa shape index (κ1) is 15.2. The Morgan fingerprint density at radius 1 is 1.15 bits per heavy atom. The molecule has 2 aromatic rings. The van der Waals surface area contributed by atoms with Crippen molar-refractivity contribution < 1.29 is 9.84 Å². The highest BCUT2D eigenvalue weighted by atomic mass is 35.5. The molecule has 0 amide bonds. The van der Waals surface area contributed by atoms with E-state index in [0.717, 1.165) is 11.1 Å². The highest BCUT2D eigenvalue weighted by Crippen LogP contribution is 2.35. The third kappa shape index (κ3) is 3.45. The van der Waals surface area contributed by atoms with Crippen LogP contribution < -0.4 is 4.74 Å². The second kappa shape index (κ2) is 6.49. The number of methoxy groups -OCH3 is 1. The van der Waals surface area contributed by atoms with E-state index in [9.17, 15) is 5.11 Å². The molecular formula is C16H16Cl2O2. The zero-order valence-electron chi connectivity index (χ0n) is 11.4. The molecule has 0 heterocycles. The van der Waals surface area contributed by atoms with Crippen LogP contribution in [-0.2, 0) is 6.42 Å². The number of rotatable bonds is 4. The van der Waals surface area contributed by atoms with Gasteiger partial charge in [-0.25, -0.2) is 0 Å². The normalized spacial score (nSPS) is 12.2. The minimum atomic E-state index is -0.701. The molecule has 1 unspecified atom stereocenters. The summed E-state index contributed by atoms with van der Waals surface area (Å²) in [5.41, 5.74) is 2.83. The Hall–Kier alpha value is -1.22. The van der Waals surface area contributed by atoms with Gasteiger partial charge in [-0.2, -0.15) is 0 Å². The molecule has 2 nitrogen and oxygen atoms in total. The molecule has 0 saturated heterocycles. The average Bonchev–Trinajstić information content (AvgIpc) is 2.40. The van der Waals surface area contributed by atoms with Gasteiger partial charge in [0.25, 0.3) is 0 Å². The Bertz CT molecular complexity index is 611. The average molecular weight is 311 g/mol. The van der Waals surface area contributed by atoms with Gasteiger partial charge in [0.05, 0.1) is 23.3 Å². The Morgan fingerprint density at radius 3 is 2.55 bits per heavy atom. The minimum absolute atomic E-state index is 0.440. The quantitative estimate of drug-likeness (QED) is 0.895. The van der Waals surface area contributed by atoms with Crippen LogP contribution in [0.15, 0.2) is 36.4 Å². The molecular weight excluding hydrogens is 295 g/mol. The molecule has 2 rings (SSSR count). The Balaban J connectivity index is 2.25. The topological polar surface area (TPSA) is 29.5 Å². The molecule has 0 bridgehead atoms. The summed E-state index contributed by atoms with van der Waals surface area (Å²) in [6.07, 6.45) is -0.211. The number of hydrogen-bond acceptors (Lipinski definition) is 2. The van der Waals surface area contributed by atoms with Crippen LogP contribution in [0, 0.1) is 6.92 Å². The van der Waals surface area contributed by atoms with Crippen LogP contribution in [0.3, 0.4) is 0 Å². The lowest BCUT2D eigenvalue weighted by Crippen LogP contribution is -2.03. The summed E-state index contributed by atoms with van der Waals surface area (Å²) in [7, 11) is 1.53. The van der Waals surface area contributed by atoms with Gasteiger partial charge < -0.3 is 9.84 Å². The molecule has 20 heavy (non-hydrogen) atoms. The lowest BCUT2D eigenvalue weighted by molar-refractivity contribution is 0.178. The summed E-state index contributed by atoms with van der Waals surface area (Å²) in [4.78, 5) is 0. The van der Waals surface area contributed by atoms with E-state index in [4.69, 9.17) is 27.9 Å². The Morgan fingerprint density at radius 2 is 1.90 bits per heavy atom. The SMILES string of the molecule is COc1cc(Cl)c(C(O)Cc2cccc(C)c2)cc1Cl. The van der Waals surface area contributed by atoms with Gasteiger partial charge in [-0.3, -0.25) is 0 Å². The fraction of sp³-hybridized carbons (Fsp3) is 0.250. The molecule has 0 aliphatic heterocycles. The van der Waals surface area contributed by atoms with Gasteiger partial charge in [0.2, 0.25) is 0 Å². The van der Waals surface area contributed by atoms with E-state index in [1.807, 2.05) is 31.2 Å². The molecule has 0 fully saturated rings. The number of halogens is 2. The standard InChI is InChI=1S/C16H16Cl2O2/c1-10-4-3-5-11(6-10)7-15(19)12-8-14(18)16(20-2)9-13(12)17/h3-6,8-9,15,19H,7H2,1-2H3. The summed E-state index contributed by atoms with van der Waals surface area (Å²) < 4.78 is 5.10. The van der Waals surface area contributed by atoms with Gasteiger partial charge in [0, 0.05) is 18.1 Å². The summed E-state index contributed by atoms with van der Waals surface area (Å²) >= 11 is 12.3. The maximum atomic E-state index is 10.3. The summed E-state index contributed by atoms with van der Waals surface area (Å²) in [6, 6.07) is 11.3. The third-order valence-electron chi connectivity index (χ3n) is 3.14. The van der Waals surface area contributed by atoms with Crippen LogP contribution >= 0.6 is 23.2 Å². The molecule has 1 atom stereocenters. The van der Waals surface area contributed by atoms with E-state index in [1.54, 1.807) is 12.1 Å². The predicted octanol–water partition coefficient (Wildman–Crippen LogP) is 4.59. The van der Waals surface area contributed by atoms with Gasteiger partial charge in [-0.15, -0.1) is 0 Å². The van der Waals surface area contributed by atoms with Gasteiger partial charge >= 0.3 is 0 Å². The van der Waals surface area contributed by atoms with E-state index in [2.05, 4.69) is 0 Å². The fourth-order valence-electron chi connectivity index (χ4n) is 2.13. The van der Waals surface area contributed by atoms with E-state index in [1.165, 1.54) is 7.11 Å². The number of aliphatic hydroxyl groups is 1. The molecule has 0 spiro atoms. The lowest BCUT2D eigenvalue weighted by Gasteiger charge is -2.15. The van der Waals surface area contributed by atoms with Crippen LogP contribution in [0.4, 0.5) is 0 Å². The fourth-order valence-corrected chi connectivity index (χ4v) is 2.66. The van der Waals surface area contributed by atoms with E-state index in [-0.39, 0.29) is 0 Å². The first-order valence-electron chi connectivity index (χ1n) is 6.28. The molecule has 1 N–H and O–H groups in total. The third-order valence-corrected chi connectivity index (χ3v) is 3.76. The highest BCUT2D eigenvalue weighted by Gasteiger charge is 2.15. The number of ether oxygens (including phenoxy) is 1. The van der Waals surface area contributed by atoms with Crippen molar-refractivity contribution in [1.29, 1.82) is 0 Å². The zero-order chi connectivity index (χ0) is 14.7. The number of benzene rings is 2. The minimum Gasteiger partial charge on any atom is -0.495 e. The van der Waals surface area contributed by atoms with Gasteiger partial charge in [-0.1, -0.05) is 53.0 Å². The van der Waals surface area contributed by atoms with Crippen LogP contribution in [0.2, 0.25) is 10.0 Å². The first-order valence-corrected chi connectivity index (χ1v) is 7.03. The molecule has 0 radical (unpaired) electrons. The van der Waals surface area contributed by atoms with Crippen LogP contribution in [-0.4, -0.2) is 12.2 Å². The molecule has 0 saturated carbocycles. The first-order chi connectivity index (χ1) is 9.51. The number of hydrogen-bond donors (Lipinski definition) is 1. The molecule has 0 aliphatic rings. The van der Waals surface area contributed by atoms with Crippen LogP contribution in [0.5, 0.6) is 5.75 Å². The van der Waals surface area contributed by atoms with Gasteiger partial charge in [-0.05, 0) is 18.6 Å². The summed E-state index contributed by atoms with van der Waals surface area (Å²) in [5.74, 6) is 0.503. The van der Waals surface area contributed by atoms with Crippen LogP contribution in [0.25, 0.3) is 0 Å². The van der Waals surface area contributed by atoms with Crippen molar-refractivity contribution in [3.63, 3.8) is 0 Å². The maximum Gasteiger partial charge on any atom is 0.138 e. The summed E-state index contributed by atoms with van der Waals surface area (Å²) in [6.45, 7) is 2.02. The number of aryl methyl sites for hydroxylation is 1. The second-order valence-electron chi connectivity index (χ2n) is 4.72. The zero-order valence-corrected chi connectivity index (χ0v) is 12.9. The van der Waals surface area contributed by atoms with Crippen molar-refractivity contribution in [3.05, 3.63) is 63.1 Å². The smallest absolute Gasteiger partial charge is 0.138 e. The van der Waals surface area contributed by atoms with Crippen LogP contribution in [0.1, 0.15) is 22.8 Å². The highest BCUT2D eigenvalue weighted by molar-refractivity contribution is 6.34. The van der Waals surface area contributed by atoms with Gasteiger partial charge in [0.15, 0.2) is 0 Å². The van der Waals surface area contributed by atoms with Crippen molar-refractivity contribution in [3.8, 4) is 5.75 Å². The molecule has 4 heteroatoms. The number of aliphatic hydroxyl groups excluding tert-OH is 1. The molecule has 2 aromatic carbocycles. The van der Waals surface area contributed by atoms with Crippen molar-refractivity contribution in [2.75, 3.05) is 7.11 Å². The molecule has 0 aliphatic carbocycles. The van der Waals surface area contributed by atoms with Gasteiger partial charge in [0.1, 0.15) is 5.75 Å². The molecule has 106 valence electrons.